The smallest absolute Gasteiger partial charge is 0.0264 e. The van der Waals surface area contributed by atoms with Crippen LogP contribution in [0.1, 0.15) is 16.8 Å². The summed E-state index contributed by atoms with van der Waals surface area (Å²) in [4.78, 5) is 0. The van der Waals surface area contributed by atoms with Crippen molar-refractivity contribution in [1.82, 2.24) is 4.57 Å². The summed E-state index contributed by atoms with van der Waals surface area (Å²) in [5, 5.41) is 0. The Morgan fingerprint density at radius 1 is 0.615 bits per heavy atom. The highest BCUT2D eigenvalue weighted by Crippen LogP contribution is 2.20. The Hall–Kier alpha value is -3.32. The van der Waals surface area contributed by atoms with Crippen LogP contribution in [0.3, 0.4) is 0 Å². The molecule has 0 radical (unpaired) electrons. The number of hydrogen-bond acceptors (Lipinski definition) is 0. The lowest BCUT2D eigenvalue weighted by molar-refractivity contribution is 1.01. The van der Waals surface area contributed by atoms with Crippen molar-refractivity contribution in [2.24, 2.45) is 0 Å². The predicted octanol–water partition coefficient (Wildman–Crippen LogP) is 6.37. The molecule has 3 aromatic carbocycles. The topological polar surface area (TPSA) is 4.93 Å². The molecular weight excluding hydrogens is 314 g/mol. The van der Waals surface area contributed by atoms with Crippen molar-refractivity contribution >= 4 is 12.3 Å². The Morgan fingerprint density at radius 3 is 2.00 bits per heavy atom. The summed E-state index contributed by atoms with van der Waals surface area (Å²) in [6.07, 6.45) is 7.29. The summed E-state index contributed by atoms with van der Waals surface area (Å²) in [7, 11) is 0. The maximum Gasteiger partial charge on any atom is 0.0264 e. The first kappa shape index (κ1) is 16.2. The van der Waals surface area contributed by atoms with E-state index in [0.717, 1.165) is 6.42 Å². The highest BCUT2D eigenvalue weighted by molar-refractivity contribution is 5.64. The van der Waals surface area contributed by atoms with E-state index >= 15 is 0 Å². The standard InChI is InChI=1S/C25H21N/c1-3-8-21(9-4-1)17-19-26-18-7-12-25(26)20-22-13-15-24(16-14-22)23-10-5-2-6-11-23/h1-19H,20H2/b19-17+. The molecule has 0 bridgehead atoms. The summed E-state index contributed by atoms with van der Waals surface area (Å²) < 4.78 is 2.19. The Balaban J connectivity index is 1.50. The fourth-order valence-corrected chi connectivity index (χ4v) is 3.11. The molecule has 1 aromatic heterocycles. The van der Waals surface area contributed by atoms with Gasteiger partial charge in [0.25, 0.3) is 0 Å². The molecule has 0 unspecified atom stereocenters. The quantitative estimate of drug-likeness (QED) is 0.399. The third-order valence-electron chi connectivity index (χ3n) is 4.54. The molecule has 0 aliphatic heterocycles. The van der Waals surface area contributed by atoms with Crippen molar-refractivity contribution in [2.45, 2.75) is 6.42 Å². The van der Waals surface area contributed by atoms with Crippen LogP contribution in [0.25, 0.3) is 23.4 Å². The Labute approximate surface area is 154 Å². The molecule has 1 heterocycles. The van der Waals surface area contributed by atoms with Gasteiger partial charge in [0, 0.05) is 24.5 Å². The van der Waals surface area contributed by atoms with E-state index in [1.165, 1.54) is 27.9 Å². The van der Waals surface area contributed by atoms with Crippen molar-refractivity contribution in [3.8, 4) is 11.1 Å². The molecule has 0 saturated carbocycles. The minimum Gasteiger partial charge on any atom is -0.327 e. The highest BCUT2D eigenvalue weighted by Gasteiger charge is 2.02. The maximum atomic E-state index is 2.22. The molecule has 1 nitrogen and oxygen atoms in total. The molecule has 4 rings (SSSR count). The monoisotopic (exact) mass is 335 g/mol. The van der Waals surface area contributed by atoms with Crippen molar-refractivity contribution < 1.29 is 0 Å². The van der Waals surface area contributed by atoms with Crippen LogP contribution in [0.4, 0.5) is 0 Å². The fourth-order valence-electron chi connectivity index (χ4n) is 3.11. The molecule has 126 valence electrons. The summed E-state index contributed by atoms with van der Waals surface area (Å²) >= 11 is 0. The van der Waals surface area contributed by atoms with Crippen LogP contribution in [0.2, 0.25) is 0 Å². The van der Waals surface area contributed by atoms with E-state index in [1.807, 2.05) is 6.07 Å². The molecule has 1 heteroatoms. The molecule has 0 fully saturated rings. The van der Waals surface area contributed by atoms with Gasteiger partial charge in [-0.2, -0.15) is 0 Å². The molecule has 0 amide bonds. The van der Waals surface area contributed by atoms with Crippen LogP contribution in [0.15, 0.2) is 103 Å². The molecule has 26 heavy (non-hydrogen) atoms. The second-order valence-electron chi connectivity index (χ2n) is 6.37. The van der Waals surface area contributed by atoms with Gasteiger partial charge < -0.3 is 4.57 Å². The maximum absolute atomic E-state index is 2.22. The van der Waals surface area contributed by atoms with Gasteiger partial charge in [-0.15, -0.1) is 0 Å². The Kier molecular flexibility index (Phi) is 4.79. The van der Waals surface area contributed by atoms with Crippen molar-refractivity contribution in [3.63, 3.8) is 0 Å². The average molecular weight is 335 g/mol. The van der Waals surface area contributed by atoms with Gasteiger partial charge in [0.1, 0.15) is 0 Å². The number of hydrogen-bond donors (Lipinski definition) is 0. The van der Waals surface area contributed by atoms with Crippen LogP contribution in [0, 0.1) is 0 Å². The third-order valence-corrected chi connectivity index (χ3v) is 4.54. The average Bonchev–Trinajstić information content (AvgIpc) is 3.15. The van der Waals surface area contributed by atoms with E-state index in [2.05, 4.69) is 114 Å². The molecule has 0 saturated heterocycles. The second kappa shape index (κ2) is 7.71. The van der Waals surface area contributed by atoms with Crippen molar-refractivity contribution in [3.05, 3.63) is 120 Å². The molecule has 0 aliphatic carbocycles. The predicted molar refractivity (Wildman–Crippen MR) is 111 cm³/mol. The first-order chi connectivity index (χ1) is 12.9. The molecule has 0 atom stereocenters. The van der Waals surface area contributed by atoms with Crippen LogP contribution in [-0.4, -0.2) is 4.57 Å². The number of benzene rings is 3. The minimum atomic E-state index is 0.918. The first-order valence-electron chi connectivity index (χ1n) is 8.92. The molecule has 0 aliphatic rings. The van der Waals surface area contributed by atoms with E-state index in [1.54, 1.807) is 0 Å². The van der Waals surface area contributed by atoms with Gasteiger partial charge in [0.05, 0.1) is 0 Å². The van der Waals surface area contributed by atoms with Gasteiger partial charge in [-0.05, 0) is 40.5 Å². The lowest BCUT2D eigenvalue weighted by atomic mass is 10.0. The Bertz CT molecular complexity index is 977. The fraction of sp³-hybridized carbons (Fsp3) is 0.0400. The molecule has 4 aromatic rings. The summed E-state index contributed by atoms with van der Waals surface area (Å²) in [6.45, 7) is 0. The van der Waals surface area contributed by atoms with Crippen molar-refractivity contribution in [1.29, 1.82) is 0 Å². The van der Waals surface area contributed by atoms with E-state index in [-0.39, 0.29) is 0 Å². The summed E-state index contributed by atoms with van der Waals surface area (Å²) in [5.41, 5.74) is 6.32. The summed E-state index contributed by atoms with van der Waals surface area (Å²) in [6, 6.07) is 34.0. The SMILES string of the molecule is C(=C\n1cccc1Cc1ccc(-c2ccccc2)cc1)/c1ccccc1. The van der Waals surface area contributed by atoms with E-state index < -0.39 is 0 Å². The largest absolute Gasteiger partial charge is 0.327 e. The summed E-state index contributed by atoms with van der Waals surface area (Å²) in [5.74, 6) is 0. The number of nitrogens with zero attached hydrogens (tertiary/aromatic N) is 1. The van der Waals surface area contributed by atoms with Gasteiger partial charge in [-0.3, -0.25) is 0 Å². The van der Waals surface area contributed by atoms with Crippen LogP contribution < -0.4 is 0 Å². The number of rotatable bonds is 5. The van der Waals surface area contributed by atoms with E-state index in [0.29, 0.717) is 0 Å². The lowest BCUT2D eigenvalue weighted by Crippen LogP contribution is -1.95. The zero-order valence-electron chi connectivity index (χ0n) is 14.6. The van der Waals surface area contributed by atoms with Gasteiger partial charge in [-0.25, -0.2) is 0 Å². The molecule has 0 N–H and O–H groups in total. The minimum absolute atomic E-state index is 0.918. The normalized spacial score (nSPS) is 11.1. The first-order valence-corrected chi connectivity index (χ1v) is 8.92. The Morgan fingerprint density at radius 2 is 1.27 bits per heavy atom. The van der Waals surface area contributed by atoms with Crippen LogP contribution >= 0.6 is 0 Å². The van der Waals surface area contributed by atoms with Crippen molar-refractivity contribution in [2.75, 3.05) is 0 Å². The van der Waals surface area contributed by atoms with Gasteiger partial charge in [0.15, 0.2) is 0 Å². The molecular formula is C25H21N. The zero-order valence-corrected chi connectivity index (χ0v) is 14.6. The van der Waals surface area contributed by atoms with Crippen LogP contribution in [0.5, 0.6) is 0 Å². The van der Waals surface area contributed by atoms with Gasteiger partial charge >= 0.3 is 0 Å². The zero-order chi connectivity index (χ0) is 17.6. The number of aromatic nitrogens is 1. The van der Waals surface area contributed by atoms with E-state index in [9.17, 15) is 0 Å². The van der Waals surface area contributed by atoms with Gasteiger partial charge in [-0.1, -0.05) is 84.9 Å². The van der Waals surface area contributed by atoms with Gasteiger partial charge in [0.2, 0.25) is 0 Å². The third kappa shape index (κ3) is 3.84. The second-order valence-corrected chi connectivity index (χ2v) is 6.37. The van der Waals surface area contributed by atoms with Crippen LogP contribution in [-0.2, 0) is 6.42 Å². The lowest BCUT2D eigenvalue weighted by Gasteiger charge is -2.07. The van der Waals surface area contributed by atoms with E-state index in [4.69, 9.17) is 0 Å². The highest BCUT2D eigenvalue weighted by atomic mass is 14.9. The molecule has 0 spiro atoms.